The molecule has 104 valence electrons. The van der Waals surface area contributed by atoms with Crippen molar-refractivity contribution in [2.75, 3.05) is 6.54 Å². The molecule has 0 radical (unpaired) electrons. The van der Waals surface area contributed by atoms with E-state index in [0.717, 1.165) is 6.07 Å². The molecule has 0 aliphatic heterocycles. The number of nitrogens with two attached hydrogens (primary N) is 1. The number of halogens is 2. The van der Waals surface area contributed by atoms with Gasteiger partial charge in [-0.2, -0.15) is 0 Å². The van der Waals surface area contributed by atoms with Gasteiger partial charge in [-0.05, 0) is 26.0 Å². The summed E-state index contributed by atoms with van der Waals surface area (Å²) in [5, 5.41) is 0. The van der Waals surface area contributed by atoms with Crippen LogP contribution < -0.4 is 5.73 Å². The Morgan fingerprint density at radius 1 is 1.42 bits per heavy atom. The molecule has 3 nitrogen and oxygen atoms in total. The van der Waals surface area contributed by atoms with Crippen molar-refractivity contribution in [2.45, 2.75) is 26.3 Å². The minimum Gasteiger partial charge on any atom is -0.393 e. The second-order valence-electron chi connectivity index (χ2n) is 4.41. The molecule has 0 unspecified atom stereocenters. The normalized spacial score (nSPS) is 10.6. The molecule has 1 aromatic carbocycles. The van der Waals surface area contributed by atoms with Crippen LogP contribution in [-0.4, -0.2) is 28.4 Å². The third kappa shape index (κ3) is 3.96. The number of thiocarbonyl (C=S) groups is 1. The molecule has 0 heterocycles. The first-order valence-corrected chi connectivity index (χ1v) is 6.28. The number of nitrogens with zero attached hydrogens (tertiary/aromatic N) is 1. The lowest BCUT2D eigenvalue weighted by atomic mass is 10.1. The fourth-order valence-corrected chi connectivity index (χ4v) is 1.74. The van der Waals surface area contributed by atoms with Crippen LogP contribution in [-0.2, 0) is 0 Å². The summed E-state index contributed by atoms with van der Waals surface area (Å²) >= 11 is 4.76. The molecule has 0 saturated heterocycles. The van der Waals surface area contributed by atoms with Gasteiger partial charge in [-0.15, -0.1) is 0 Å². The van der Waals surface area contributed by atoms with Crippen LogP contribution in [0.1, 0.15) is 30.6 Å². The van der Waals surface area contributed by atoms with Gasteiger partial charge in [0, 0.05) is 19.0 Å². The third-order valence-corrected chi connectivity index (χ3v) is 2.87. The zero-order valence-corrected chi connectivity index (χ0v) is 11.6. The summed E-state index contributed by atoms with van der Waals surface area (Å²) in [5.41, 5.74) is 5.11. The van der Waals surface area contributed by atoms with Crippen molar-refractivity contribution >= 4 is 23.1 Å². The highest BCUT2D eigenvalue weighted by atomic mass is 32.1. The predicted molar refractivity (Wildman–Crippen MR) is 73.9 cm³/mol. The Kier molecular flexibility index (Phi) is 5.35. The second kappa shape index (κ2) is 6.56. The highest BCUT2D eigenvalue weighted by Crippen LogP contribution is 2.15. The number of amides is 1. The van der Waals surface area contributed by atoms with E-state index >= 15 is 0 Å². The van der Waals surface area contributed by atoms with Gasteiger partial charge in [0.25, 0.3) is 5.91 Å². The Bertz CT molecular complexity index is 492. The minimum absolute atomic E-state index is 0.162. The van der Waals surface area contributed by atoms with Gasteiger partial charge >= 0.3 is 0 Å². The fourth-order valence-electron chi connectivity index (χ4n) is 1.65. The monoisotopic (exact) mass is 286 g/mol. The molecule has 1 aromatic rings. The smallest absolute Gasteiger partial charge is 0.257 e. The van der Waals surface area contributed by atoms with E-state index in [0.29, 0.717) is 6.42 Å². The number of hydrogen-bond donors (Lipinski definition) is 1. The van der Waals surface area contributed by atoms with E-state index < -0.39 is 17.5 Å². The maximum Gasteiger partial charge on any atom is 0.257 e. The molecule has 6 heteroatoms. The van der Waals surface area contributed by atoms with Gasteiger partial charge in [0.15, 0.2) is 11.6 Å². The van der Waals surface area contributed by atoms with Crippen LogP contribution in [0.4, 0.5) is 8.78 Å². The molecular formula is C13H16F2N2OS. The Balaban J connectivity index is 2.99. The van der Waals surface area contributed by atoms with Crippen LogP contribution in [0, 0.1) is 11.6 Å². The minimum atomic E-state index is -1.13. The van der Waals surface area contributed by atoms with E-state index in [4.69, 9.17) is 18.0 Å². The summed E-state index contributed by atoms with van der Waals surface area (Å²) in [6.45, 7) is 3.85. The zero-order chi connectivity index (χ0) is 14.6. The first-order chi connectivity index (χ1) is 8.84. The van der Waals surface area contributed by atoms with E-state index in [-0.39, 0.29) is 23.1 Å². The predicted octanol–water partition coefficient (Wildman–Crippen LogP) is 2.49. The Hall–Kier alpha value is -1.56. The molecule has 1 amide bonds. The Morgan fingerprint density at radius 3 is 2.58 bits per heavy atom. The van der Waals surface area contributed by atoms with Crippen LogP contribution in [0.3, 0.4) is 0 Å². The highest BCUT2D eigenvalue weighted by Gasteiger charge is 2.23. The summed E-state index contributed by atoms with van der Waals surface area (Å²) in [6, 6.07) is 3.37. The molecule has 0 spiro atoms. The van der Waals surface area contributed by atoms with E-state index in [1.165, 1.54) is 17.0 Å². The molecule has 0 fully saturated rings. The van der Waals surface area contributed by atoms with Crippen molar-refractivity contribution in [1.29, 1.82) is 0 Å². The molecule has 0 bridgehead atoms. The summed E-state index contributed by atoms with van der Waals surface area (Å²) in [6.07, 6.45) is 0.343. The summed E-state index contributed by atoms with van der Waals surface area (Å²) in [5.74, 6) is -2.74. The van der Waals surface area contributed by atoms with E-state index in [2.05, 4.69) is 0 Å². The molecule has 0 aliphatic rings. The lowest BCUT2D eigenvalue weighted by Crippen LogP contribution is -2.39. The van der Waals surface area contributed by atoms with Gasteiger partial charge in [0.1, 0.15) is 0 Å². The van der Waals surface area contributed by atoms with E-state index in [1.54, 1.807) is 13.8 Å². The van der Waals surface area contributed by atoms with E-state index in [1.807, 2.05) is 0 Å². The number of rotatable bonds is 5. The summed E-state index contributed by atoms with van der Waals surface area (Å²) in [7, 11) is 0. The summed E-state index contributed by atoms with van der Waals surface area (Å²) < 4.78 is 26.7. The van der Waals surface area contributed by atoms with Gasteiger partial charge in [-0.25, -0.2) is 8.78 Å². The van der Waals surface area contributed by atoms with Crippen LogP contribution in [0.15, 0.2) is 18.2 Å². The number of hydrogen-bond acceptors (Lipinski definition) is 2. The molecule has 0 saturated carbocycles. The Labute approximate surface area is 116 Å². The van der Waals surface area contributed by atoms with Gasteiger partial charge in [0.2, 0.25) is 0 Å². The number of carbonyl (C=O) groups is 1. The standard InChI is InChI=1S/C13H16F2N2OS/c1-8(2)17(7-6-11(16)19)13(18)9-4-3-5-10(14)12(9)15/h3-5,8H,6-7H2,1-2H3,(H2,16,19). The van der Waals surface area contributed by atoms with Crippen LogP contribution in [0.25, 0.3) is 0 Å². The fraction of sp³-hybridized carbons (Fsp3) is 0.385. The quantitative estimate of drug-likeness (QED) is 0.846. The maximum absolute atomic E-state index is 13.6. The molecule has 19 heavy (non-hydrogen) atoms. The van der Waals surface area contributed by atoms with Crippen molar-refractivity contribution < 1.29 is 13.6 Å². The third-order valence-electron chi connectivity index (χ3n) is 2.67. The SMILES string of the molecule is CC(C)N(CCC(N)=S)C(=O)c1cccc(F)c1F. The average molecular weight is 286 g/mol. The van der Waals surface area contributed by atoms with Crippen molar-refractivity contribution in [1.82, 2.24) is 4.90 Å². The first kappa shape index (κ1) is 15.5. The number of carbonyl (C=O) groups excluding carboxylic acids is 1. The van der Waals surface area contributed by atoms with Gasteiger partial charge in [0.05, 0.1) is 10.6 Å². The van der Waals surface area contributed by atoms with Crippen LogP contribution in [0.5, 0.6) is 0 Å². The van der Waals surface area contributed by atoms with Crippen molar-refractivity contribution in [3.05, 3.63) is 35.4 Å². The average Bonchev–Trinajstić information content (AvgIpc) is 2.31. The summed E-state index contributed by atoms with van der Waals surface area (Å²) in [4.78, 5) is 13.9. The van der Waals surface area contributed by atoms with Crippen molar-refractivity contribution in [2.24, 2.45) is 5.73 Å². The highest BCUT2D eigenvalue weighted by molar-refractivity contribution is 7.80. The number of benzene rings is 1. The first-order valence-electron chi connectivity index (χ1n) is 5.88. The molecule has 1 rings (SSSR count). The lowest BCUT2D eigenvalue weighted by Gasteiger charge is -2.26. The van der Waals surface area contributed by atoms with Crippen LogP contribution >= 0.6 is 12.2 Å². The zero-order valence-electron chi connectivity index (χ0n) is 10.8. The molecule has 0 atom stereocenters. The molecular weight excluding hydrogens is 270 g/mol. The molecule has 0 aliphatic carbocycles. The maximum atomic E-state index is 13.6. The molecule has 0 aromatic heterocycles. The van der Waals surface area contributed by atoms with Crippen molar-refractivity contribution in [3.8, 4) is 0 Å². The largest absolute Gasteiger partial charge is 0.393 e. The van der Waals surface area contributed by atoms with Gasteiger partial charge in [-0.1, -0.05) is 18.3 Å². The van der Waals surface area contributed by atoms with Gasteiger partial charge in [-0.3, -0.25) is 4.79 Å². The second-order valence-corrected chi connectivity index (χ2v) is 4.93. The Morgan fingerprint density at radius 2 is 2.05 bits per heavy atom. The van der Waals surface area contributed by atoms with E-state index in [9.17, 15) is 13.6 Å². The van der Waals surface area contributed by atoms with Gasteiger partial charge < -0.3 is 10.6 Å². The lowest BCUT2D eigenvalue weighted by molar-refractivity contribution is 0.0705. The van der Waals surface area contributed by atoms with Crippen molar-refractivity contribution in [3.63, 3.8) is 0 Å². The van der Waals surface area contributed by atoms with Crippen LogP contribution in [0.2, 0.25) is 0 Å². The topological polar surface area (TPSA) is 46.3 Å². The molecule has 2 N–H and O–H groups in total.